The van der Waals surface area contributed by atoms with Gasteiger partial charge in [0.2, 0.25) is 5.91 Å². The Bertz CT molecular complexity index is 1260. The lowest BCUT2D eigenvalue weighted by atomic mass is 10.0. The molecule has 3 aromatic rings. The van der Waals surface area contributed by atoms with Crippen LogP contribution in [0.1, 0.15) is 30.9 Å². The molecule has 4 rings (SSSR count). The standard InChI is InChI=1S/C23H25F3N6O2/c1-4-12-7-14(10-27-23(34)20(25)26)15(24)8-16(12)32(3)18-9-17-19(28-11-31(17)2)21(29-18)30-22(33)13-5-6-13/h7-9,11,13,20H,4-6,10H2,1-3H3,(H,27,34)(H,29,30,33). The molecule has 180 valence electrons. The molecule has 0 bridgehead atoms. The first-order valence-corrected chi connectivity index (χ1v) is 10.9. The third kappa shape index (κ3) is 4.68. The number of fused-ring (bicyclic) bond motifs is 1. The molecule has 0 saturated heterocycles. The molecule has 1 aromatic carbocycles. The molecule has 2 amide bonds. The zero-order valence-electron chi connectivity index (χ0n) is 19.0. The number of amides is 2. The average molecular weight is 474 g/mol. The molecule has 0 spiro atoms. The second-order valence-electron chi connectivity index (χ2n) is 8.32. The van der Waals surface area contributed by atoms with Gasteiger partial charge in [0.15, 0.2) is 5.82 Å². The zero-order chi connectivity index (χ0) is 24.6. The molecule has 1 aliphatic carbocycles. The summed E-state index contributed by atoms with van der Waals surface area (Å²) in [6, 6.07) is 4.63. The lowest BCUT2D eigenvalue weighted by Gasteiger charge is -2.23. The molecule has 1 fully saturated rings. The first kappa shape index (κ1) is 23.5. The Morgan fingerprint density at radius 3 is 2.62 bits per heavy atom. The molecule has 8 nitrogen and oxygen atoms in total. The van der Waals surface area contributed by atoms with Crippen LogP contribution >= 0.6 is 0 Å². The van der Waals surface area contributed by atoms with E-state index in [1.807, 2.05) is 19.3 Å². The molecule has 2 aromatic heterocycles. The van der Waals surface area contributed by atoms with Crippen LogP contribution in [0.15, 0.2) is 24.5 Å². The Morgan fingerprint density at radius 2 is 1.97 bits per heavy atom. The lowest BCUT2D eigenvalue weighted by Crippen LogP contribution is -2.29. The molecule has 34 heavy (non-hydrogen) atoms. The predicted molar refractivity (Wildman–Crippen MR) is 122 cm³/mol. The maximum atomic E-state index is 14.9. The number of hydrogen-bond acceptors (Lipinski definition) is 5. The van der Waals surface area contributed by atoms with Crippen molar-refractivity contribution < 1.29 is 22.8 Å². The smallest absolute Gasteiger partial charge is 0.315 e. The molecule has 0 atom stereocenters. The summed E-state index contributed by atoms with van der Waals surface area (Å²) >= 11 is 0. The van der Waals surface area contributed by atoms with Gasteiger partial charge in [0.1, 0.15) is 17.2 Å². The first-order chi connectivity index (χ1) is 16.2. The largest absolute Gasteiger partial charge is 0.347 e. The van der Waals surface area contributed by atoms with Crippen LogP contribution in [-0.4, -0.2) is 39.8 Å². The number of nitrogens with one attached hydrogen (secondary N) is 2. The Labute approximate surface area is 194 Å². The number of pyridine rings is 1. The van der Waals surface area contributed by atoms with Gasteiger partial charge in [-0.2, -0.15) is 8.78 Å². The Morgan fingerprint density at radius 1 is 1.24 bits per heavy atom. The number of imidazole rings is 1. The number of rotatable bonds is 8. The molecule has 1 saturated carbocycles. The van der Waals surface area contributed by atoms with E-state index in [1.54, 1.807) is 35.0 Å². The minimum Gasteiger partial charge on any atom is -0.347 e. The van der Waals surface area contributed by atoms with E-state index in [2.05, 4.69) is 15.3 Å². The van der Waals surface area contributed by atoms with E-state index in [9.17, 15) is 22.8 Å². The number of benzene rings is 1. The van der Waals surface area contributed by atoms with Gasteiger partial charge in [-0.1, -0.05) is 6.92 Å². The number of halogens is 3. The van der Waals surface area contributed by atoms with Crippen LogP contribution in [0.25, 0.3) is 11.0 Å². The van der Waals surface area contributed by atoms with Gasteiger partial charge in [0, 0.05) is 43.9 Å². The van der Waals surface area contributed by atoms with Gasteiger partial charge >= 0.3 is 6.43 Å². The molecular formula is C23H25F3N6O2. The van der Waals surface area contributed by atoms with Crippen molar-refractivity contribution in [1.29, 1.82) is 0 Å². The third-order valence-corrected chi connectivity index (χ3v) is 5.87. The lowest BCUT2D eigenvalue weighted by molar-refractivity contribution is -0.131. The fourth-order valence-electron chi connectivity index (χ4n) is 3.71. The summed E-state index contributed by atoms with van der Waals surface area (Å²) in [6.45, 7) is 1.54. The summed E-state index contributed by atoms with van der Waals surface area (Å²) in [5, 5.41) is 4.89. The number of carbonyl (C=O) groups excluding carboxylic acids is 2. The van der Waals surface area contributed by atoms with Crippen molar-refractivity contribution in [1.82, 2.24) is 19.9 Å². The Balaban J connectivity index is 1.68. The van der Waals surface area contributed by atoms with Crippen molar-refractivity contribution in [2.24, 2.45) is 13.0 Å². The first-order valence-electron chi connectivity index (χ1n) is 10.9. The second kappa shape index (κ2) is 9.32. The van der Waals surface area contributed by atoms with Gasteiger partial charge < -0.3 is 20.1 Å². The van der Waals surface area contributed by atoms with E-state index in [-0.39, 0.29) is 23.9 Å². The fraction of sp³-hybridized carbons (Fsp3) is 0.391. The predicted octanol–water partition coefficient (Wildman–Crippen LogP) is 3.67. The van der Waals surface area contributed by atoms with Crippen LogP contribution in [0.3, 0.4) is 0 Å². The number of hydrogen-bond donors (Lipinski definition) is 2. The molecule has 2 heterocycles. The summed E-state index contributed by atoms with van der Waals surface area (Å²) < 4.78 is 41.6. The molecule has 0 radical (unpaired) electrons. The van der Waals surface area contributed by atoms with E-state index in [0.717, 1.165) is 23.9 Å². The number of aryl methyl sites for hydroxylation is 2. The van der Waals surface area contributed by atoms with Crippen LogP contribution in [-0.2, 0) is 29.6 Å². The summed E-state index contributed by atoms with van der Waals surface area (Å²) in [5.74, 6) is -1.40. The van der Waals surface area contributed by atoms with Crippen molar-refractivity contribution in [2.45, 2.75) is 39.2 Å². The maximum Gasteiger partial charge on any atom is 0.315 e. The minimum atomic E-state index is -3.17. The highest BCUT2D eigenvalue weighted by atomic mass is 19.3. The number of aromatic nitrogens is 3. The number of alkyl halides is 2. The van der Waals surface area contributed by atoms with E-state index >= 15 is 0 Å². The average Bonchev–Trinajstić information content (AvgIpc) is 3.60. The fourth-order valence-corrected chi connectivity index (χ4v) is 3.71. The van der Waals surface area contributed by atoms with Crippen molar-refractivity contribution in [3.63, 3.8) is 0 Å². The van der Waals surface area contributed by atoms with Crippen LogP contribution in [0.5, 0.6) is 0 Å². The van der Waals surface area contributed by atoms with E-state index < -0.39 is 18.1 Å². The van der Waals surface area contributed by atoms with Gasteiger partial charge in [0.05, 0.1) is 11.8 Å². The van der Waals surface area contributed by atoms with Gasteiger partial charge in [-0.3, -0.25) is 9.59 Å². The molecule has 0 aliphatic heterocycles. The SMILES string of the molecule is CCc1cc(CNC(=O)C(F)F)c(F)cc1N(C)c1cc2c(ncn2C)c(NC(=O)C2CC2)n1. The topological polar surface area (TPSA) is 92.2 Å². The molecule has 11 heteroatoms. The maximum absolute atomic E-state index is 14.9. The highest BCUT2D eigenvalue weighted by Crippen LogP contribution is 2.34. The summed E-state index contributed by atoms with van der Waals surface area (Å²) in [4.78, 5) is 34.2. The van der Waals surface area contributed by atoms with Crippen LogP contribution in [0, 0.1) is 11.7 Å². The zero-order valence-corrected chi connectivity index (χ0v) is 19.0. The number of nitrogens with zero attached hydrogens (tertiary/aromatic N) is 4. The Hall–Kier alpha value is -3.63. The molecular weight excluding hydrogens is 449 g/mol. The highest BCUT2D eigenvalue weighted by Gasteiger charge is 2.30. The van der Waals surface area contributed by atoms with E-state index in [1.165, 1.54) is 6.07 Å². The third-order valence-electron chi connectivity index (χ3n) is 5.87. The molecule has 2 N–H and O–H groups in total. The van der Waals surface area contributed by atoms with Crippen molar-refractivity contribution in [3.8, 4) is 0 Å². The van der Waals surface area contributed by atoms with Gasteiger partial charge in [-0.05, 0) is 37.0 Å². The van der Waals surface area contributed by atoms with Gasteiger partial charge in [0.25, 0.3) is 5.91 Å². The van der Waals surface area contributed by atoms with Gasteiger partial charge in [-0.15, -0.1) is 0 Å². The highest BCUT2D eigenvalue weighted by molar-refractivity contribution is 6.00. The quantitative estimate of drug-likeness (QED) is 0.520. The summed E-state index contributed by atoms with van der Waals surface area (Å²) in [5.41, 5.74) is 2.67. The summed E-state index contributed by atoms with van der Waals surface area (Å²) in [6.07, 6.45) is 0.680. The van der Waals surface area contributed by atoms with Crippen LogP contribution < -0.4 is 15.5 Å². The number of anilines is 3. The van der Waals surface area contributed by atoms with Crippen molar-refractivity contribution >= 4 is 40.2 Å². The number of carbonyl (C=O) groups is 2. The molecule has 0 unspecified atom stereocenters. The van der Waals surface area contributed by atoms with Crippen molar-refractivity contribution in [3.05, 3.63) is 41.5 Å². The van der Waals surface area contributed by atoms with Crippen LogP contribution in [0.2, 0.25) is 0 Å². The second-order valence-corrected chi connectivity index (χ2v) is 8.32. The van der Waals surface area contributed by atoms with Crippen molar-refractivity contribution in [2.75, 3.05) is 17.3 Å². The van der Waals surface area contributed by atoms with Crippen LogP contribution in [0.4, 0.5) is 30.5 Å². The monoisotopic (exact) mass is 474 g/mol. The summed E-state index contributed by atoms with van der Waals surface area (Å²) in [7, 11) is 3.55. The van der Waals surface area contributed by atoms with Gasteiger partial charge in [-0.25, -0.2) is 14.4 Å². The molecule has 1 aliphatic rings. The van der Waals surface area contributed by atoms with E-state index in [0.29, 0.717) is 29.3 Å². The normalized spacial score (nSPS) is 13.4. The Kier molecular flexibility index (Phi) is 6.45. The minimum absolute atomic E-state index is 0.0131. The van der Waals surface area contributed by atoms with E-state index in [4.69, 9.17) is 0 Å².